The molecule has 0 saturated carbocycles. The van der Waals surface area contributed by atoms with Crippen molar-refractivity contribution in [2.45, 2.75) is 12.5 Å². The van der Waals surface area contributed by atoms with Gasteiger partial charge in [0.25, 0.3) is 0 Å². The summed E-state index contributed by atoms with van der Waals surface area (Å²) in [6.07, 6.45) is 1.39. The van der Waals surface area contributed by atoms with Crippen LogP contribution in [0.5, 0.6) is 0 Å². The van der Waals surface area contributed by atoms with E-state index in [2.05, 4.69) is 10.6 Å². The number of nitrogens with one attached hydrogen (secondary N) is 2. The summed E-state index contributed by atoms with van der Waals surface area (Å²) in [5.41, 5.74) is 9.48. The van der Waals surface area contributed by atoms with Crippen LogP contribution in [-0.4, -0.2) is 30.1 Å². The minimum Gasteiger partial charge on any atom is -0.480 e. The summed E-state index contributed by atoms with van der Waals surface area (Å²) < 4.78 is 0. The van der Waals surface area contributed by atoms with E-state index in [0.717, 1.165) is 0 Å². The van der Waals surface area contributed by atoms with Crippen molar-refractivity contribution in [2.75, 3.05) is 6.61 Å². The number of carboxylic acids is 1. The van der Waals surface area contributed by atoms with E-state index in [-0.39, 0.29) is 13.0 Å². The standard InChI is InChI=1S/C5H13N5O3/c6-4(5(11)12)1-2-13-9-3-8-10-7/h3-4,10H,1-2,6-7H2,(H,8,9)(H,11,12)/t4-/m0/s1. The number of nitrogens with zero attached hydrogens (tertiary/aromatic N) is 1. The molecule has 0 aliphatic rings. The maximum absolute atomic E-state index is 10.2. The predicted molar refractivity (Wildman–Crippen MR) is 45.1 cm³/mol. The zero-order chi connectivity index (χ0) is 10.1. The van der Waals surface area contributed by atoms with Crippen molar-refractivity contribution in [1.29, 1.82) is 0 Å². The average Bonchev–Trinajstić information content (AvgIpc) is 2.10. The zero-order valence-corrected chi connectivity index (χ0v) is 6.93. The van der Waals surface area contributed by atoms with Gasteiger partial charge < -0.3 is 10.8 Å². The number of aliphatic carboxylic acids is 1. The Morgan fingerprint density at radius 1 is 1.77 bits per heavy atom. The summed E-state index contributed by atoms with van der Waals surface area (Å²) in [7, 11) is 0. The smallest absolute Gasteiger partial charge is 0.320 e. The number of rotatable bonds is 7. The van der Waals surface area contributed by atoms with Crippen LogP contribution in [0.4, 0.5) is 0 Å². The van der Waals surface area contributed by atoms with Gasteiger partial charge >= 0.3 is 5.97 Å². The third-order valence-electron chi connectivity index (χ3n) is 1.12. The molecule has 0 aliphatic carbocycles. The second kappa shape index (κ2) is 7.28. The lowest BCUT2D eigenvalue weighted by Crippen LogP contribution is -2.32. The molecule has 8 heteroatoms. The molecule has 0 heterocycles. The first-order chi connectivity index (χ1) is 6.18. The highest BCUT2D eigenvalue weighted by atomic mass is 16.6. The van der Waals surface area contributed by atoms with E-state index in [4.69, 9.17) is 21.5 Å². The first kappa shape index (κ1) is 11.6. The van der Waals surface area contributed by atoms with Crippen molar-refractivity contribution in [1.82, 2.24) is 11.0 Å². The molecule has 0 amide bonds. The monoisotopic (exact) mass is 191 g/mol. The molecule has 0 rings (SSSR count). The molecular weight excluding hydrogens is 178 g/mol. The molecule has 0 bridgehead atoms. The SMILES string of the molecule is NNN=CNOCC[C@H](N)C(=O)O. The van der Waals surface area contributed by atoms with E-state index < -0.39 is 12.0 Å². The number of hydrazone groups is 1. The Kier molecular flexibility index (Phi) is 6.51. The summed E-state index contributed by atoms with van der Waals surface area (Å²) in [5.74, 6) is 3.74. The van der Waals surface area contributed by atoms with Crippen molar-refractivity contribution < 1.29 is 14.7 Å². The maximum atomic E-state index is 10.2. The highest BCUT2D eigenvalue weighted by Gasteiger charge is 2.09. The van der Waals surface area contributed by atoms with Crippen molar-refractivity contribution >= 4 is 12.3 Å². The fourth-order valence-corrected chi connectivity index (χ4v) is 0.469. The Balaban J connectivity index is 3.25. The van der Waals surface area contributed by atoms with Crippen molar-refractivity contribution in [3.05, 3.63) is 0 Å². The largest absolute Gasteiger partial charge is 0.480 e. The lowest BCUT2D eigenvalue weighted by atomic mass is 10.2. The minimum atomic E-state index is -1.05. The first-order valence-electron chi connectivity index (χ1n) is 3.51. The molecule has 13 heavy (non-hydrogen) atoms. The molecule has 0 fully saturated rings. The van der Waals surface area contributed by atoms with Gasteiger partial charge in [0.05, 0.1) is 6.61 Å². The van der Waals surface area contributed by atoms with E-state index in [0.29, 0.717) is 0 Å². The Morgan fingerprint density at radius 2 is 2.46 bits per heavy atom. The van der Waals surface area contributed by atoms with Crippen LogP contribution in [0.3, 0.4) is 0 Å². The number of nitrogens with two attached hydrogens (primary N) is 2. The summed E-state index contributed by atoms with van der Waals surface area (Å²) in [4.78, 5) is 14.9. The molecule has 0 radical (unpaired) electrons. The fraction of sp³-hybridized carbons (Fsp3) is 0.600. The quantitative estimate of drug-likeness (QED) is 0.100. The predicted octanol–water partition coefficient (Wildman–Crippen LogP) is -2.28. The van der Waals surface area contributed by atoms with Gasteiger partial charge in [0.2, 0.25) is 0 Å². The number of hydrazine groups is 1. The Hall–Kier alpha value is -1.38. The molecule has 0 aliphatic heterocycles. The van der Waals surface area contributed by atoms with E-state index in [1.807, 2.05) is 5.53 Å². The summed E-state index contributed by atoms with van der Waals surface area (Å²) in [6, 6.07) is -0.911. The zero-order valence-electron chi connectivity index (χ0n) is 6.93. The van der Waals surface area contributed by atoms with Gasteiger partial charge in [-0.1, -0.05) is 0 Å². The van der Waals surface area contributed by atoms with E-state index in [1.54, 1.807) is 0 Å². The van der Waals surface area contributed by atoms with Gasteiger partial charge in [-0.25, -0.2) is 11.4 Å². The third-order valence-corrected chi connectivity index (χ3v) is 1.12. The number of hydroxylamine groups is 1. The van der Waals surface area contributed by atoms with Gasteiger partial charge in [-0.2, -0.15) is 5.10 Å². The van der Waals surface area contributed by atoms with Crippen molar-refractivity contribution in [3.63, 3.8) is 0 Å². The van der Waals surface area contributed by atoms with Crippen molar-refractivity contribution in [2.24, 2.45) is 16.7 Å². The molecule has 0 aromatic carbocycles. The number of hydrogen-bond acceptors (Lipinski definition) is 6. The molecule has 0 aromatic rings. The third kappa shape index (κ3) is 7.00. The van der Waals surface area contributed by atoms with E-state index in [1.165, 1.54) is 6.34 Å². The lowest BCUT2D eigenvalue weighted by molar-refractivity contribution is -0.139. The Morgan fingerprint density at radius 3 is 3.00 bits per heavy atom. The Labute approximate surface area is 74.8 Å². The molecule has 1 atom stereocenters. The number of carbonyl (C=O) groups is 1. The molecule has 0 unspecified atom stereocenters. The van der Waals surface area contributed by atoms with Gasteiger partial charge in [-0.15, -0.1) is 0 Å². The summed E-state index contributed by atoms with van der Waals surface area (Å²) in [5, 5.41) is 11.7. The second-order valence-electron chi connectivity index (χ2n) is 2.09. The van der Waals surface area contributed by atoms with Gasteiger partial charge in [-0.05, 0) is 6.42 Å². The second-order valence-corrected chi connectivity index (χ2v) is 2.09. The van der Waals surface area contributed by atoms with Crippen LogP contribution < -0.4 is 22.6 Å². The summed E-state index contributed by atoms with van der Waals surface area (Å²) in [6.45, 7) is 0.171. The number of hydrogen-bond donors (Lipinski definition) is 5. The summed E-state index contributed by atoms with van der Waals surface area (Å²) >= 11 is 0. The van der Waals surface area contributed by atoms with Crippen LogP contribution in [0.25, 0.3) is 0 Å². The molecule has 0 aromatic heterocycles. The Bertz CT molecular complexity index is 174. The van der Waals surface area contributed by atoms with Crippen LogP contribution in [0.2, 0.25) is 0 Å². The first-order valence-corrected chi connectivity index (χ1v) is 3.51. The highest BCUT2D eigenvalue weighted by molar-refractivity contribution is 5.72. The topological polar surface area (TPSA) is 135 Å². The maximum Gasteiger partial charge on any atom is 0.320 e. The molecule has 0 saturated heterocycles. The molecule has 8 nitrogen and oxygen atoms in total. The molecular formula is C5H13N5O3. The highest BCUT2D eigenvalue weighted by Crippen LogP contribution is 1.87. The fourth-order valence-electron chi connectivity index (χ4n) is 0.469. The van der Waals surface area contributed by atoms with Crippen LogP contribution >= 0.6 is 0 Å². The molecule has 0 spiro atoms. The molecule has 76 valence electrons. The minimum absolute atomic E-state index is 0.171. The normalized spacial score (nSPS) is 12.8. The van der Waals surface area contributed by atoms with E-state index in [9.17, 15) is 4.79 Å². The number of carboxylic acid groups (broad SMARTS) is 1. The van der Waals surface area contributed by atoms with Gasteiger partial charge in [0, 0.05) is 0 Å². The van der Waals surface area contributed by atoms with Crippen LogP contribution in [0.1, 0.15) is 6.42 Å². The van der Waals surface area contributed by atoms with Gasteiger partial charge in [0.1, 0.15) is 12.4 Å². The van der Waals surface area contributed by atoms with Crippen LogP contribution in [0, 0.1) is 0 Å². The van der Waals surface area contributed by atoms with Gasteiger partial charge in [0.15, 0.2) is 0 Å². The molecule has 7 N–H and O–H groups in total. The van der Waals surface area contributed by atoms with Crippen molar-refractivity contribution in [3.8, 4) is 0 Å². The average molecular weight is 191 g/mol. The van der Waals surface area contributed by atoms with Crippen LogP contribution in [0.15, 0.2) is 5.10 Å². The van der Waals surface area contributed by atoms with E-state index >= 15 is 0 Å². The lowest BCUT2D eigenvalue weighted by Gasteiger charge is -2.05. The van der Waals surface area contributed by atoms with Gasteiger partial charge in [-0.3, -0.25) is 15.1 Å². The van der Waals surface area contributed by atoms with Crippen LogP contribution in [-0.2, 0) is 9.63 Å².